The zero-order valence-corrected chi connectivity index (χ0v) is 9.21. The number of hydrogen-bond acceptors (Lipinski definition) is 4. The fourth-order valence-corrected chi connectivity index (χ4v) is 1.03. The first-order valence-electron chi connectivity index (χ1n) is 4.91. The average Bonchev–Trinajstić information content (AvgIpc) is 2.03. The first kappa shape index (κ1) is 12.8. The Labute approximate surface area is 82.1 Å². The molecule has 0 atom stereocenters. The zero-order chi connectivity index (χ0) is 10.1. The van der Waals surface area contributed by atoms with Gasteiger partial charge in [0.1, 0.15) is 0 Å². The van der Waals surface area contributed by atoms with Crippen molar-refractivity contribution in [2.45, 2.75) is 0 Å². The number of nitrogens with zero attached hydrogens (tertiary/aromatic N) is 2. The number of likely N-dealkylation sites (N-methyl/N-ethyl adjacent to an activating group) is 2. The maximum Gasteiger partial charge on any atom is 0.0104 e. The van der Waals surface area contributed by atoms with Gasteiger partial charge in [-0.1, -0.05) is 0 Å². The highest BCUT2D eigenvalue weighted by Crippen LogP contribution is 1.77. The van der Waals surface area contributed by atoms with E-state index in [1.165, 1.54) is 0 Å². The van der Waals surface area contributed by atoms with E-state index in [1.54, 1.807) is 0 Å². The Morgan fingerprint density at radius 3 is 2.15 bits per heavy atom. The van der Waals surface area contributed by atoms with Crippen LogP contribution < -0.4 is 11.1 Å². The summed E-state index contributed by atoms with van der Waals surface area (Å²) in [6, 6.07) is 0. The van der Waals surface area contributed by atoms with Crippen LogP contribution in [0.2, 0.25) is 0 Å². The second-order valence-corrected chi connectivity index (χ2v) is 3.65. The monoisotopic (exact) mass is 188 g/mol. The summed E-state index contributed by atoms with van der Waals surface area (Å²) in [4.78, 5) is 4.42. The maximum atomic E-state index is 5.43. The smallest absolute Gasteiger partial charge is 0.0104 e. The minimum atomic E-state index is 0.744. The van der Waals surface area contributed by atoms with Crippen molar-refractivity contribution in [3.05, 3.63) is 0 Å². The minimum Gasteiger partial charge on any atom is -0.329 e. The van der Waals surface area contributed by atoms with Crippen molar-refractivity contribution in [2.75, 3.05) is 60.4 Å². The molecular weight excluding hydrogens is 164 g/mol. The molecule has 0 aliphatic rings. The van der Waals surface area contributed by atoms with Crippen molar-refractivity contribution in [1.29, 1.82) is 0 Å². The molecule has 0 fully saturated rings. The van der Waals surface area contributed by atoms with Gasteiger partial charge in [-0.3, -0.25) is 0 Å². The Morgan fingerprint density at radius 1 is 1.00 bits per heavy atom. The predicted octanol–water partition coefficient (Wildman–Crippen LogP) is -0.972. The van der Waals surface area contributed by atoms with Crippen molar-refractivity contribution in [3.8, 4) is 0 Å². The second-order valence-electron chi connectivity index (χ2n) is 3.65. The zero-order valence-electron chi connectivity index (χ0n) is 9.21. The van der Waals surface area contributed by atoms with E-state index in [0.717, 1.165) is 39.3 Å². The Bertz CT molecular complexity index is 106. The topological polar surface area (TPSA) is 44.5 Å². The molecule has 0 rings (SSSR count). The van der Waals surface area contributed by atoms with Crippen molar-refractivity contribution in [2.24, 2.45) is 5.73 Å². The van der Waals surface area contributed by atoms with Gasteiger partial charge >= 0.3 is 0 Å². The van der Waals surface area contributed by atoms with E-state index in [-0.39, 0.29) is 0 Å². The molecule has 13 heavy (non-hydrogen) atoms. The maximum absolute atomic E-state index is 5.43. The van der Waals surface area contributed by atoms with Gasteiger partial charge in [0.25, 0.3) is 0 Å². The molecule has 0 saturated heterocycles. The van der Waals surface area contributed by atoms with Crippen LogP contribution in [-0.4, -0.2) is 70.2 Å². The summed E-state index contributed by atoms with van der Waals surface area (Å²) in [5.74, 6) is 0. The molecule has 0 saturated carbocycles. The minimum absolute atomic E-state index is 0.744. The van der Waals surface area contributed by atoms with Crippen LogP contribution in [0.1, 0.15) is 0 Å². The molecule has 3 N–H and O–H groups in total. The Hall–Kier alpha value is -0.160. The third-order valence-corrected chi connectivity index (χ3v) is 1.92. The summed E-state index contributed by atoms with van der Waals surface area (Å²) in [6.07, 6.45) is 0. The van der Waals surface area contributed by atoms with Crippen LogP contribution in [-0.2, 0) is 0 Å². The van der Waals surface area contributed by atoms with Gasteiger partial charge in [0.15, 0.2) is 0 Å². The van der Waals surface area contributed by atoms with Crippen molar-refractivity contribution in [1.82, 2.24) is 15.1 Å². The Kier molecular flexibility index (Phi) is 8.33. The summed E-state index contributed by atoms with van der Waals surface area (Å²) in [5, 5.41) is 3.38. The molecule has 4 nitrogen and oxygen atoms in total. The molecule has 0 bridgehead atoms. The first-order chi connectivity index (χ1) is 6.16. The molecule has 0 amide bonds. The van der Waals surface area contributed by atoms with Gasteiger partial charge in [0.2, 0.25) is 0 Å². The van der Waals surface area contributed by atoms with Gasteiger partial charge in [0, 0.05) is 39.3 Å². The highest BCUT2D eigenvalue weighted by Gasteiger charge is 1.95. The van der Waals surface area contributed by atoms with Gasteiger partial charge < -0.3 is 20.9 Å². The van der Waals surface area contributed by atoms with E-state index in [9.17, 15) is 0 Å². The molecular formula is C9H24N4. The number of hydrogen-bond donors (Lipinski definition) is 2. The number of nitrogens with one attached hydrogen (secondary N) is 1. The SMILES string of the molecule is CN(C)CCNCCN(C)CCN. The van der Waals surface area contributed by atoms with Gasteiger partial charge in [-0.25, -0.2) is 0 Å². The third-order valence-electron chi connectivity index (χ3n) is 1.92. The molecule has 4 heteroatoms. The average molecular weight is 188 g/mol. The fourth-order valence-electron chi connectivity index (χ4n) is 1.03. The van der Waals surface area contributed by atoms with E-state index < -0.39 is 0 Å². The number of nitrogens with two attached hydrogens (primary N) is 1. The van der Waals surface area contributed by atoms with Crippen LogP contribution in [0.3, 0.4) is 0 Å². The Morgan fingerprint density at radius 2 is 1.62 bits per heavy atom. The molecule has 0 radical (unpaired) electrons. The summed E-state index contributed by atoms with van der Waals surface area (Å²) < 4.78 is 0. The highest BCUT2D eigenvalue weighted by atomic mass is 15.1. The molecule has 0 aromatic heterocycles. The quantitative estimate of drug-likeness (QED) is 0.481. The van der Waals surface area contributed by atoms with Gasteiger partial charge in [-0.2, -0.15) is 0 Å². The lowest BCUT2D eigenvalue weighted by atomic mass is 10.5. The summed E-state index contributed by atoms with van der Waals surface area (Å²) in [5.41, 5.74) is 5.43. The predicted molar refractivity (Wildman–Crippen MR) is 58.0 cm³/mol. The van der Waals surface area contributed by atoms with Crippen molar-refractivity contribution < 1.29 is 0 Å². The first-order valence-corrected chi connectivity index (χ1v) is 4.91. The van der Waals surface area contributed by atoms with Gasteiger partial charge in [-0.15, -0.1) is 0 Å². The van der Waals surface area contributed by atoms with Crippen LogP contribution in [0.4, 0.5) is 0 Å². The molecule has 0 heterocycles. The van der Waals surface area contributed by atoms with E-state index >= 15 is 0 Å². The van der Waals surface area contributed by atoms with E-state index in [0.29, 0.717) is 0 Å². The van der Waals surface area contributed by atoms with E-state index in [1.807, 2.05) is 0 Å². The van der Waals surface area contributed by atoms with E-state index in [4.69, 9.17) is 5.73 Å². The Balaban J connectivity index is 3.06. The largest absolute Gasteiger partial charge is 0.329 e. The normalized spacial score (nSPS) is 11.5. The standard InChI is InChI=1S/C9H24N4/c1-12(2)8-5-11-6-9-13(3)7-4-10/h11H,4-10H2,1-3H3. The van der Waals surface area contributed by atoms with E-state index in [2.05, 4.69) is 36.3 Å². The van der Waals surface area contributed by atoms with Gasteiger partial charge in [-0.05, 0) is 21.1 Å². The van der Waals surface area contributed by atoms with Crippen LogP contribution in [0.5, 0.6) is 0 Å². The molecule has 0 unspecified atom stereocenters. The molecule has 0 spiro atoms. The summed E-state index contributed by atoms with van der Waals surface area (Å²) >= 11 is 0. The fraction of sp³-hybridized carbons (Fsp3) is 1.00. The lowest BCUT2D eigenvalue weighted by molar-refractivity contribution is 0.333. The van der Waals surface area contributed by atoms with Crippen LogP contribution in [0, 0.1) is 0 Å². The summed E-state index contributed by atoms with van der Waals surface area (Å²) in [7, 11) is 6.27. The summed E-state index contributed by atoms with van der Waals surface area (Å²) in [6.45, 7) is 6.00. The lowest BCUT2D eigenvalue weighted by Gasteiger charge is -2.16. The number of rotatable bonds is 8. The van der Waals surface area contributed by atoms with Gasteiger partial charge in [0.05, 0.1) is 0 Å². The van der Waals surface area contributed by atoms with Crippen LogP contribution in [0.15, 0.2) is 0 Å². The highest BCUT2D eigenvalue weighted by molar-refractivity contribution is 4.56. The molecule has 0 aliphatic carbocycles. The molecule has 0 aromatic rings. The van der Waals surface area contributed by atoms with Crippen LogP contribution >= 0.6 is 0 Å². The second kappa shape index (κ2) is 8.44. The van der Waals surface area contributed by atoms with Crippen LogP contribution in [0.25, 0.3) is 0 Å². The van der Waals surface area contributed by atoms with Crippen molar-refractivity contribution >= 4 is 0 Å². The molecule has 0 aromatic carbocycles. The third kappa shape index (κ3) is 9.76. The molecule has 0 aliphatic heterocycles. The van der Waals surface area contributed by atoms with Crippen molar-refractivity contribution in [3.63, 3.8) is 0 Å². The molecule has 80 valence electrons. The lowest BCUT2D eigenvalue weighted by Crippen LogP contribution is -2.35.